The minimum absolute atomic E-state index is 0.663. The van der Waals surface area contributed by atoms with Crippen molar-refractivity contribution in [3.63, 3.8) is 0 Å². The fourth-order valence-electron chi connectivity index (χ4n) is 1.94. The molecule has 1 aromatic heterocycles. The van der Waals surface area contributed by atoms with Crippen molar-refractivity contribution in [2.24, 2.45) is 0 Å². The van der Waals surface area contributed by atoms with Crippen molar-refractivity contribution in [1.29, 1.82) is 0 Å². The van der Waals surface area contributed by atoms with Crippen LogP contribution in [0.2, 0.25) is 0 Å². The van der Waals surface area contributed by atoms with E-state index >= 15 is 0 Å². The quantitative estimate of drug-likeness (QED) is 0.795. The Morgan fingerprint density at radius 2 is 2.05 bits per heavy atom. The van der Waals surface area contributed by atoms with Crippen molar-refractivity contribution in [2.45, 2.75) is 6.42 Å². The van der Waals surface area contributed by atoms with E-state index in [0.29, 0.717) is 5.69 Å². The Hall–Kier alpha value is -1.75. The van der Waals surface area contributed by atoms with Crippen LogP contribution < -0.4 is 16.0 Å². The third kappa shape index (κ3) is 4.13. The third-order valence-electron chi connectivity index (χ3n) is 3.04. The van der Waals surface area contributed by atoms with E-state index in [1.807, 2.05) is 12.1 Å². The first-order valence-corrected chi connectivity index (χ1v) is 7.37. The second kappa shape index (κ2) is 7.14. The lowest BCUT2D eigenvalue weighted by Gasteiger charge is -2.19. The van der Waals surface area contributed by atoms with Crippen LogP contribution in [-0.4, -0.2) is 25.1 Å². The van der Waals surface area contributed by atoms with E-state index in [-0.39, 0.29) is 0 Å². The van der Waals surface area contributed by atoms with E-state index in [1.165, 1.54) is 5.69 Å². The van der Waals surface area contributed by atoms with Crippen molar-refractivity contribution < 1.29 is 0 Å². The Morgan fingerprint density at radius 1 is 1.30 bits per heavy atom. The first-order valence-electron chi connectivity index (χ1n) is 6.58. The molecule has 3 N–H and O–H groups in total. The summed E-state index contributed by atoms with van der Waals surface area (Å²) in [6.07, 6.45) is 2.76. The Balaban J connectivity index is 1.76. The topological polar surface area (TPSA) is 54.2 Å². The number of para-hydroxylation sites is 1. The lowest BCUT2D eigenvalue weighted by atomic mass is 10.3. The van der Waals surface area contributed by atoms with Gasteiger partial charge in [0.2, 0.25) is 0 Å². The van der Waals surface area contributed by atoms with Gasteiger partial charge in [0, 0.05) is 36.5 Å². The highest BCUT2D eigenvalue weighted by Gasteiger charge is 2.02. The standard InChI is InChI=1S/C15H19BrN4/c1-20(13-6-3-2-4-7-13)9-5-8-18-15-14(17)10-12(16)11-19-15/h2-4,6-7,10-11H,5,8-9,17H2,1H3,(H,18,19). The summed E-state index contributed by atoms with van der Waals surface area (Å²) < 4.78 is 0.893. The minimum atomic E-state index is 0.663. The zero-order chi connectivity index (χ0) is 14.4. The smallest absolute Gasteiger partial charge is 0.149 e. The van der Waals surface area contributed by atoms with Crippen molar-refractivity contribution in [1.82, 2.24) is 4.98 Å². The van der Waals surface area contributed by atoms with E-state index in [4.69, 9.17) is 5.73 Å². The van der Waals surface area contributed by atoms with E-state index in [2.05, 4.69) is 62.4 Å². The molecule has 0 unspecified atom stereocenters. The van der Waals surface area contributed by atoms with Crippen molar-refractivity contribution in [3.8, 4) is 0 Å². The van der Waals surface area contributed by atoms with Gasteiger partial charge < -0.3 is 16.0 Å². The average molecular weight is 335 g/mol. The van der Waals surface area contributed by atoms with Crippen LogP contribution in [0.15, 0.2) is 47.1 Å². The molecule has 106 valence electrons. The normalized spacial score (nSPS) is 10.3. The molecule has 0 amide bonds. The van der Waals surface area contributed by atoms with Crippen LogP contribution in [0.25, 0.3) is 0 Å². The van der Waals surface area contributed by atoms with Crippen LogP contribution in [0.3, 0.4) is 0 Å². The number of hydrogen-bond acceptors (Lipinski definition) is 4. The molecule has 2 aromatic rings. The molecule has 0 atom stereocenters. The van der Waals surface area contributed by atoms with Crippen molar-refractivity contribution in [2.75, 3.05) is 36.1 Å². The average Bonchev–Trinajstić information content (AvgIpc) is 2.46. The largest absolute Gasteiger partial charge is 0.396 e. The summed E-state index contributed by atoms with van der Waals surface area (Å²) >= 11 is 3.35. The summed E-state index contributed by atoms with van der Waals surface area (Å²) in [6.45, 7) is 1.82. The summed E-state index contributed by atoms with van der Waals surface area (Å²) in [5.74, 6) is 0.746. The predicted molar refractivity (Wildman–Crippen MR) is 89.2 cm³/mol. The number of hydrogen-bond donors (Lipinski definition) is 2. The van der Waals surface area contributed by atoms with Gasteiger partial charge in [0.25, 0.3) is 0 Å². The molecule has 0 saturated carbocycles. The number of aromatic nitrogens is 1. The summed E-state index contributed by atoms with van der Waals surface area (Å²) in [5, 5.41) is 3.26. The number of nitrogen functional groups attached to an aromatic ring is 1. The third-order valence-corrected chi connectivity index (χ3v) is 3.48. The van der Waals surface area contributed by atoms with Gasteiger partial charge in [-0.25, -0.2) is 4.98 Å². The predicted octanol–water partition coefficient (Wildman–Crippen LogP) is 3.36. The van der Waals surface area contributed by atoms with Crippen LogP contribution in [0.1, 0.15) is 6.42 Å². The molecule has 4 nitrogen and oxygen atoms in total. The number of nitrogens with zero attached hydrogens (tertiary/aromatic N) is 2. The number of benzene rings is 1. The zero-order valence-electron chi connectivity index (χ0n) is 11.5. The van der Waals surface area contributed by atoms with Gasteiger partial charge in [0.1, 0.15) is 5.82 Å². The molecule has 0 saturated heterocycles. The van der Waals surface area contributed by atoms with Crippen LogP contribution in [0.4, 0.5) is 17.2 Å². The van der Waals surface area contributed by atoms with E-state index < -0.39 is 0 Å². The molecule has 0 spiro atoms. The van der Waals surface area contributed by atoms with Crippen LogP contribution in [-0.2, 0) is 0 Å². The first-order chi connectivity index (χ1) is 9.66. The highest BCUT2D eigenvalue weighted by atomic mass is 79.9. The van der Waals surface area contributed by atoms with Gasteiger partial charge in [-0.05, 0) is 40.5 Å². The second-order valence-electron chi connectivity index (χ2n) is 4.63. The SMILES string of the molecule is CN(CCCNc1ncc(Br)cc1N)c1ccccc1. The van der Waals surface area contributed by atoms with Crippen LogP contribution in [0.5, 0.6) is 0 Å². The molecule has 0 aliphatic rings. The van der Waals surface area contributed by atoms with Gasteiger partial charge in [-0.3, -0.25) is 0 Å². The highest BCUT2D eigenvalue weighted by molar-refractivity contribution is 9.10. The van der Waals surface area contributed by atoms with Gasteiger partial charge in [0.05, 0.1) is 5.69 Å². The summed E-state index contributed by atoms with van der Waals surface area (Å²) in [7, 11) is 2.10. The van der Waals surface area contributed by atoms with Gasteiger partial charge in [-0.15, -0.1) is 0 Å². The summed E-state index contributed by atoms with van der Waals surface area (Å²) in [5.41, 5.74) is 7.78. The maximum atomic E-state index is 5.89. The highest BCUT2D eigenvalue weighted by Crippen LogP contribution is 2.19. The molecule has 0 radical (unpaired) electrons. The molecular formula is C15H19BrN4. The number of rotatable bonds is 6. The summed E-state index contributed by atoms with van der Waals surface area (Å²) in [6, 6.07) is 12.2. The molecule has 0 aliphatic heterocycles. The lowest BCUT2D eigenvalue weighted by molar-refractivity contribution is 0.814. The molecule has 0 aliphatic carbocycles. The second-order valence-corrected chi connectivity index (χ2v) is 5.54. The van der Waals surface area contributed by atoms with Crippen LogP contribution in [0, 0.1) is 0 Å². The number of anilines is 3. The Morgan fingerprint density at radius 3 is 2.75 bits per heavy atom. The van der Waals surface area contributed by atoms with Gasteiger partial charge in [-0.1, -0.05) is 18.2 Å². The van der Waals surface area contributed by atoms with Gasteiger partial charge in [0.15, 0.2) is 0 Å². The fraction of sp³-hybridized carbons (Fsp3) is 0.267. The molecular weight excluding hydrogens is 316 g/mol. The minimum Gasteiger partial charge on any atom is -0.396 e. The molecule has 0 fully saturated rings. The summed E-state index contributed by atoms with van der Waals surface area (Å²) in [4.78, 5) is 6.49. The Labute approximate surface area is 128 Å². The van der Waals surface area contributed by atoms with E-state index in [0.717, 1.165) is 29.8 Å². The monoisotopic (exact) mass is 334 g/mol. The van der Waals surface area contributed by atoms with E-state index in [1.54, 1.807) is 6.20 Å². The van der Waals surface area contributed by atoms with Crippen LogP contribution >= 0.6 is 15.9 Å². The van der Waals surface area contributed by atoms with Crippen molar-refractivity contribution in [3.05, 3.63) is 47.1 Å². The number of nitrogens with one attached hydrogen (secondary N) is 1. The maximum absolute atomic E-state index is 5.89. The fourth-order valence-corrected chi connectivity index (χ4v) is 2.29. The van der Waals surface area contributed by atoms with Gasteiger partial charge >= 0.3 is 0 Å². The maximum Gasteiger partial charge on any atom is 0.149 e. The molecule has 1 heterocycles. The number of nitrogens with two attached hydrogens (primary N) is 1. The molecule has 5 heteroatoms. The first kappa shape index (κ1) is 14.7. The number of halogens is 1. The zero-order valence-corrected chi connectivity index (χ0v) is 13.1. The van der Waals surface area contributed by atoms with Gasteiger partial charge in [-0.2, -0.15) is 0 Å². The Bertz CT molecular complexity index is 545. The Kier molecular flexibility index (Phi) is 5.24. The van der Waals surface area contributed by atoms with Crippen molar-refractivity contribution >= 4 is 33.1 Å². The number of pyridine rings is 1. The molecule has 1 aromatic carbocycles. The molecule has 0 bridgehead atoms. The van der Waals surface area contributed by atoms with E-state index in [9.17, 15) is 0 Å². The molecule has 20 heavy (non-hydrogen) atoms. The lowest BCUT2D eigenvalue weighted by Crippen LogP contribution is -2.21. The molecule has 2 rings (SSSR count).